The lowest BCUT2D eigenvalue weighted by atomic mass is 9.96. The van der Waals surface area contributed by atoms with Gasteiger partial charge in [-0.3, -0.25) is 9.59 Å². The molecule has 2 aliphatic rings. The molecule has 1 aromatic heterocycles. The molecule has 1 saturated carbocycles. The van der Waals surface area contributed by atoms with Gasteiger partial charge < -0.3 is 15.5 Å². The van der Waals surface area contributed by atoms with Crippen molar-refractivity contribution in [3.63, 3.8) is 0 Å². The topological polar surface area (TPSA) is 87.2 Å². The van der Waals surface area contributed by atoms with Crippen LogP contribution >= 0.6 is 0 Å². The van der Waals surface area contributed by atoms with Crippen molar-refractivity contribution in [3.05, 3.63) is 18.5 Å². The summed E-state index contributed by atoms with van der Waals surface area (Å²) in [5.74, 6) is 0.759. The molecule has 1 aliphatic heterocycles. The second-order valence-corrected chi connectivity index (χ2v) is 7.07. The Morgan fingerprint density at radius 1 is 1.16 bits per heavy atom. The lowest BCUT2D eigenvalue weighted by Crippen LogP contribution is -2.55. The van der Waals surface area contributed by atoms with Gasteiger partial charge in [-0.15, -0.1) is 0 Å². The molecule has 2 N–H and O–H groups in total. The number of nitrogens with zero attached hydrogens (tertiary/aromatic N) is 3. The fourth-order valence-corrected chi connectivity index (χ4v) is 3.93. The van der Waals surface area contributed by atoms with E-state index < -0.39 is 6.04 Å². The van der Waals surface area contributed by atoms with Gasteiger partial charge in [-0.2, -0.15) is 0 Å². The molecule has 1 aromatic rings. The number of hydrogen-bond donors (Lipinski definition) is 2. The van der Waals surface area contributed by atoms with Crippen molar-refractivity contribution in [1.29, 1.82) is 0 Å². The number of hydrogen-bond acceptors (Lipinski definition) is 5. The molecular formula is C18H27N5O2. The Labute approximate surface area is 148 Å². The molecule has 7 heteroatoms. The maximum absolute atomic E-state index is 12.8. The summed E-state index contributed by atoms with van der Waals surface area (Å²) in [5.41, 5.74) is 0. The molecule has 136 valence electrons. The zero-order valence-corrected chi connectivity index (χ0v) is 14.8. The molecule has 3 rings (SSSR count). The Morgan fingerprint density at radius 2 is 1.88 bits per heavy atom. The highest BCUT2D eigenvalue weighted by Gasteiger charge is 2.33. The zero-order chi connectivity index (χ0) is 17.6. The van der Waals surface area contributed by atoms with Crippen LogP contribution in [0.1, 0.15) is 45.4 Å². The number of aromatic nitrogens is 2. The predicted octanol–water partition coefficient (Wildman–Crippen LogP) is 1.26. The number of amides is 2. The van der Waals surface area contributed by atoms with Crippen LogP contribution in [-0.2, 0) is 9.59 Å². The zero-order valence-electron chi connectivity index (χ0n) is 14.8. The highest BCUT2D eigenvalue weighted by Crippen LogP contribution is 2.28. The minimum Gasteiger partial charge on any atom is -0.350 e. The van der Waals surface area contributed by atoms with E-state index in [9.17, 15) is 9.59 Å². The molecule has 7 nitrogen and oxygen atoms in total. The van der Waals surface area contributed by atoms with Gasteiger partial charge in [0, 0.05) is 38.4 Å². The van der Waals surface area contributed by atoms with Crippen LogP contribution < -0.4 is 15.5 Å². The van der Waals surface area contributed by atoms with Gasteiger partial charge in [0.25, 0.3) is 0 Å². The number of carbonyl (C=O) groups excluding carboxylic acids is 2. The van der Waals surface area contributed by atoms with Gasteiger partial charge in [0.15, 0.2) is 0 Å². The normalized spacial score (nSPS) is 22.4. The van der Waals surface area contributed by atoms with E-state index in [-0.39, 0.29) is 23.8 Å². The summed E-state index contributed by atoms with van der Waals surface area (Å²) in [6.07, 6.45) is 9.67. The third kappa shape index (κ3) is 4.67. The average molecular weight is 345 g/mol. The van der Waals surface area contributed by atoms with Crippen LogP contribution in [0.25, 0.3) is 0 Å². The highest BCUT2D eigenvalue weighted by molar-refractivity contribution is 5.87. The van der Waals surface area contributed by atoms with Gasteiger partial charge in [-0.25, -0.2) is 9.97 Å². The standard InChI is InChI=1S/C18H27N5O2/c1-13(24)21-16(14-6-2-3-7-14)17(25)22-15-8-4-11-23(12-15)18-19-9-5-10-20-18/h5,9-10,14-16H,2-4,6-8,11-12H2,1H3,(H,21,24)(H,22,25)/t15-,16-/m0/s1. The Morgan fingerprint density at radius 3 is 2.56 bits per heavy atom. The summed E-state index contributed by atoms with van der Waals surface area (Å²) >= 11 is 0. The lowest BCUT2D eigenvalue weighted by Gasteiger charge is -2.34. The smallest absolute Gasteiger partial charge is 0.243 e. The third-order valence-corrected chi connectivity index (χ3v) is 5.12. The molecule has 0 spiro atoms. The molecule has 1 saturated heterocycles. The summed E-state index contributed by atoms with van der Waals surface area (Å²) in [5, 5.41) is 6.01. The van der Waals surface area contributed by atoms with Gasteiger partial charge in [0.2, 0.25) is 17.8 Å². The summed E-state index contributed by atoms with van der Waals surface area (Å²) in [4.78, 5) is 35.0. The average Bonchev–Trinajstić information content (AvgIpc) is 3.15. The molecule has 2 heterocycles. The van der Waals surface area contributed by atoms with Gasteiger partial charge in [-0.1, -0.05) is 12.8 Å². The molecule has 0 bridgehead atoms. The fourth-order valence-electron chi connectivity index (χ4n) is 3.93. The van der Waals surface area contributed by atoms with Gasteiger partial charge in [-0.05, 0) is 37.7 Å². The van der Waals surface area contributed by atoms with E-state index in [1.54, 1.807) is 18.5 Å². The molecule has 1 aliphatic carbocycles. The first kappa shape index (κ1) is 17.6. The fraction of sp³-hybridized carbons (Fsp3) is 0.667. The van der Waals surface area contributed by atoms with Crippen LogP contribution in [0.2, 0.25) is 0 Å². The number of piperidine rings is 1. The van der Waals surface area contributed by atoms with E-state index in [1.807, 2.05) is 0 Å². The molecule has 2 fully saturated rings. The van der Waals surface area contributed by atoms with Crippen molar-refractivity contribution < 1.29 is 9.59 Å². The monoisotopic (exact) mass is 345 g/mol. The minimum absolute atomic E-state index is 0.0528. The Kier molecular flexibility index (Phi) is 5.83. The van der Waals surface area contributed by atoms with Crippen molar-refractivity contribution in [3.8, 4) is 0 Å². The summed E-state index contributed by atoms with van der Waals surface area (Å²) < 4.78 is 0. The van der Waals surface area contributed by atoms with Crippen molar-refractivity contribution in [2.45, 2.75) is 57.5 Å². The number of nitrogens with one attached hydrogen (secondary N) is 2. The number of carbonyl (C=O) groups is 2. The maximum Gasteiger partial charge on any atom is 0.243 e. The van der Waals surface area contributed by atoms with Gasteiger partial charge in [0.1, 0.15) is 6.04 Å². The highest BCUT2D eigenvalue weighted by atomic mass is 16.2. The number of rotatable bonds is 5. The van der Waals surface area contributed by atoms with Gasteiger partial charge in [0.05, 0.1) is 0 Å². The van der Waals surface area contributed by atoms with Crippen molar-refractivity contribution in [2.24, 2.45) is 5.92 Å². The van der Waals surface area contributed by atoms with E-state index in [1.165, 1.54) is 6.92 Å². The molecule has 25 heavy (non-hydrogen) atoms. The van der Waals surface area contributed by atoms with Crippen LogP contribution in [0.5, 0.6) is 0 Å². The first-order valence-electron chi connectivity index (χ1n) is 9.23. The van der Waals surface area contributed by atoms with E-state index in [0.29, 0.717) is 12.5 Å². The second-order valence-electron chi connectivity index (χ2n) is 7.07. The SMILES string of the molecule is CC(=O)N[C@H](C(=O)N[C@H]1CCCN(c2ncccn2)C1)C1CCCC1. The summed E-state index contributed by atoms with van der Waals surface area (Å²) in [6, 6.07) is 1.44. The number of anilines is 1. The van der Waals surface area contributed by atoms with Crippen molar-refractivity contribution in [1.82, 2.24) is 20.6 Å². The lowest BCUT2D eigenvalue weighted by molar-refractivity contribution is -0.130. The minimum atomic E-state index is -0.414. The van der Waals surface area contributed by atoms with Crippen molar-refractivity contribution >= 4 is 17.8 Å². The van der Waals surface area contributed by atoms with Crippen molar-refractivity contribution in [2.75, 3.05) is 18.0 Å². The van der Waals surface area contributed by atoms with Crippen LogP contribution in [0.4, 0.5) is 5.95 Å². The molecule has 0 radical (unpaired) electrons. The van der Waals surface area contributed by atoms with Gasteiger partial charge >= 0.3 is 0 Å². The third-order valence-electron chi connectivity index (χ3n) is 5.12. The Balaban J connectivity index is 1.61. The van der Waals surface area contributed by atoms with E-state index in [0.717, 1.165) is 45.1 Å². The van der Waals surface area contributed by atoms with Crippen LogP contribution in [0.15, 0.2) is 18.5 Å². The second kappa shape index (κ2) is 8.27. The predicted molar refractivity (Wildman–Crippen MR) is 95.0 cm³/mol. The first-order chi connectivity index (χ1) is 12.1. The van der Waals surface area contributed by atoms with E-state index in [4.69, 9.17) is 0 Å². The Hall–Kier alpha value is -2.18. The van der Waals surface area contributed by atoms with E-state index >= 15 is 0 Å². The first-order valence-corrected chi connectivity index (χ1v) is 9.23. The molecule has 0 unspecified atom stereocenters. The summed E-state index contributed by atoms with van der Waals surface area (Å²) in [7, 11) is 0. The molecule has 2 amide bonds. The van der Waals surface area contributed by atoms with Crippen LogP contribution in [0, 0.1) is 5.92 Å². The largest absolute Gasteiger partial charge is 0.350 e. The molecule has 0 aromatic carbocycles. The molecule has 2 atom stereocenters. The Bertz CT molecular complexity index is 588. The van der Waals surface area contributed by atoms with E-state index in [2.05, 4.69) is 25.5 Å². The van der Waals surface area contributed by atoms with Crippen LogP contribution in [-0.4, -0.2) is 47.0 Å². The molecular weight excluding hydrogens is 318 g/mol. The van der Waals surface area contributed by atoms with Crippen LogP contribution in [0.3, 0.4) is 0 Å². The quantitative estimate of drug-likeness (QED) is 0.839. The maximum atomic E-state index is 12.8. The summed E-state index contributed by atoms with van der Waals surface area (Å²) in [6.45, 7) is 3.08.